The zero-order valence-corrected chi connectivity index (χ0v) is 15.3. The van der Waals surface area contributed by atoms with Crippen LogP contribution in [-0.2, 0) is 9.59 Å². The van der Waals surface area contributed by atoms with Crippen LogP contribution in [0.2, 0.25) is 10.0 Å². The first-order chi connectivity index (χ1) is 11.0. The molecule has 2 fully saturated rings. The first-order valence-electron chi connectivity index (χ1n) is 7.78. The third kappa shape index (κ3) is 3.97. The molecule has 0 aromatic heterocycles. The van der Waals surface area contributed by atoms with Gasteiger partial charge in [-0.3, -0.25) is 9.59 Å². The maximum Gasteiger partial charge on any atom is 0.239 e. The van der Waals surface area contributed by atoms with Crippen LogP contribution in [0, 0.1) is 11.8 Å². The molecule has 2 amide bonds. The number of amides is 2. The Labute approximate surface area is 157 Å². The Morgan fingerprint density at radius 1 is 1.29 bits per heavy atom. The summed E-state index contributed by atoms with van der Waals surface area (Å²) in [5.41, 5.74) is 6.37. The van der Waals surface area contributed by atoms with E-state index in [1.54, 1.807) is 23.1 Å². The maximum absolute atomic E-state index is 12.6. The van der Waals surface area contributed by atoms with E-state index in [0.29, 0.717) is 41.2 Å². The minimum atomic E-state index is -0.655. The zero-order valence-electron chi connectivity index (χ0n) is 13.0. The number of carbonyl (C=O) groups excluding carboxylic acids is 2. The summed E-state index contributed by atoms with van der Waals surface area (Å²) >= 11 is 11.9. The molecule has 1 aromatic rings. The molecule has 1 heterocycles. The van der Waals surface area contributed by atoms with Gasteiger partial charge in [-0.1, -0.05) is 23.2 Å². The quantitative estimate of drug-likeness (QED) is 0.756. The van der Waals surface area contributed by atoms with Crippen molar-refractivity contribution in [3.05, 3.63) is 28.2 Å². The fourth-order valence-corrected chi connectivity index (χ4v) is 3.28. The van der Waals surface area contributed by atoms with Gasteiger partial charge in [-0.2, -0.15) is 0 Å². The topological polar surface area (TPSA) is 75.4 Å². The molecule has 0 spiro atoms. The Morgan fingerprint density at radius 3 is 2.58 bits per heavy atom. The highest BCUT2D eigenvalue weighted by atomic mass is 35.5. The second-order valence-electron chi connectivity index (χ2n) is 6.12. The summed E-state index contributed by atoms with van der Waals surface area (Å²) in [5.74, 6) is -0.615. The highest BCUT2D eigenvalue weighted by molar-refractivity contribution is 6.42. The summed E-state index contributed by atoms with van der Waals surface area (Å²) in [6.07, 6.45) is 2.68. The number of halogens is 3. The van der Waals surface area contributed by atoms with E-state index in [1.807, 2.05) is 0 Å². The molecule has 1 aliphatic heterocycles. The lowest BCUT2D eigenvalue weighted by atomic mass is 10.1. The number of anilines is 1. The van der Waals surface area contributed by atoms with Gasteiger partial charge in [0.15, 0.2) is 0 Å². The van der Waals surface area contributed by atoms with Gasteiger partial charge in [-0.05, 0) is 43.4 Å². The molecule has 1 saturated heterocycles. The largest absolute Gasteiger partial charge is 0.351 e. The van der Waals surface area contributed by atoms with Gasteiger partial charge in [-0.15, -0.1) is 12.4 Å². The minimum absolute atomic E-state index is 0. The molecule has 2 atom stereocenters. The van der Waals surface area contributed by atoms with Crippen molar-refractivity contribution in [3.63, 3.8) is 0 Å². The molecular weight excluding hydrogens is 373 g/mol. The molecule has 8 heteroatoms. The number of hydrogen-bond acceptors (Lipinski definition) is 3. The van der Waals surface area contributed by atoms with Crippen molar-refractivity contribution in [2.24, 2.45) is 17.6 Å². The van der Waals surface area contributed by atoms with Crippen molar-refractivity contribution in [3.8, 4) is 0 Å². The van der Waals surface area contributed by atoms with E-state index in [2.05, 4.69) is 5.32 Å². The molecule has 5 nitrogen and oxygen atoms in total. The molecule has 0 bridgehead atoms. The third-order valence-electron chi connectivity index (χ3n) is 4.51. The summed E-state index contributed by atoms with van der Waals surface area (Å²) < 4.78 is 0. The van der Waals surface area contributed by atoms with Crippen LogP contribution in [0.1, 0.15) is 19.3 Å². The van der Waals surface area contributed by atoms with Crippen LogP contribution in [0.4, 0.5) is 5.69 Å². The highest BCUT2D eigenvalue weighted by Gasteiger charge is 2.40. The van der Waals surface area contributed by atoms with Crippen LogP contribution in [0.5, 0.6) is 0 Å². The lowest BCUT2D eigenvalue weighted by molar-refractivity contribution is -0.132. The van der Waals surface area contributed by atoms with Crippen LogP contribution in [0.3, 0.4) is 0 Å². The summed E-state index contributed by atoms with van der Waals surface area (Å²) in [5, 5.41) is 3.76. The molecule has 2 unspecified atom stereocenters. The first-order valence-corrected chi connectivity index (χ1v) is 8.53. The van der Waals surface area contributed by atoms with Gasteiger partial charge >= 0.3 is 0 Å². The van der Waals surface area contributed by atoms with Gasteiger partial charge in [0.05, 0.1) is 10.0 Å². The van der Waals surface area contributed by atoms with Crippen LogP contribution >= 0.6 is 35.6 Å². The van der Waals surface area contributed by atoms with E-state index in [-0.39, 0.29) is 30.3 Å². The normalized spacial score (nSPS) is 21.4. The number of rotatable bonds is 5. The second kappa shape index (κ2) is 7.91. The smallest absolute Gasteiger partial charge is 0.239 e. The molecule has 0 radical (unpaired) electrons. The van der Waals surface area contributed by atoms with Gasteiger partial charge in [0.1, 0.15) is 5.92 Å². The monoisotopic (exact) mass is 391 g/mol. The molecule has 3 rings (SSSR count). The van der Waals surface area contributed by atoms with Crippen molar-refractivity contribution in [1.29, 1.82) is 0 Å². The predicted molar refractivity (Wildman–Crippen MR) is 97.9 cm³/mol. The van der Waals surface area contributed by atoms with E-state index < -0.39 is 5.92 Å². The van der Waals surface area contributed by atoms with Crippen molar-refractivity contribution >= 4 is 53.1 Å². The number of hydrogen-bond donors (Lipinski definition) is 2. The van der Waals surface area contributed by atoms with E-state index in [9.17, 15) is 9.59 Å². The Bertz CT molecular complexity index is 637. The average Bonchev–Trinajstić information content (AvgIpc) is 3.30. The molecule has 1 aromatic carbocycles. The maximum atomic E-state index is 12.6. The van der Waals surface area contributed by atoms with E-state index in [0.717, 1.165) is 12.8 Å². The minimum Gasteiger partial charge on any atom is -0.351 e. The third-order valence-corrected chi connectivity index (χ3v) is 5.25. The molecular formula is C16H20Cl3N3O2. The Balaban J connectivity index is 0.00000208. The van der Waals surface area contributed by atoms with Gasteiger partial charge in [0.2, 0.25) is 11.8 Å². The molecule has 132 valence electrons. The Hall–Kier alpha value is -1.01. The lowest BCUT2D eigenvalue weighted by Crippen LogP contribution is -2.46. The standard InChI is InChI=1S/C16H19Cl2N3O2.ClH/c17-12-4-3-10(7-13(12)18)21-6-5-11(16(21)23)15(22)20-14(8-19)9-1-2-9;/h3-4,7,9,11,14H,1-2,5-6,8,19H2,(H,20,22);1H. The van der Waals surface area contributed by atoms with Crippen LogP contribution < -0.4 is 16.0 Å². The fourth-order valence-electron chi connectivity index (χ4n) is 2.98. The molecule has 1 aliphatic carbocycles. The molecule has 2 aliphatic rings. The molecule has 3 N–H and O–H groups in total. The first kappa shape index (κ1) is 19.3. The number of benzene rings is 1. The summed E-state index contributed by atoms with van der Waals surface area (Å²) in [6, 6.07) is 5.01. The van der Waals surface area contributed by atoms with E-state index in [1.165, 1.54) is 0 Å². The van der Waals surface area contributed by atoms with Crippen LogP contribution in [-0.4, -0.2) is 30.9 Å². The average molecular weight is 393 g/mol. The number of nitrogens with zero attached hydrogens (tertiary/aromatic N) is 1. The molecule has 1 saturated carbocycles. The fraction of sp³-hybridized carbons (Fsp3) is 0.500. The van der Waals surface area contributed by atoms with E-state index >= 15 is 0 Å². The van der Waals surface area contributed by atoms with Crippen molar-refractivity contribution in [2.75, 3.05) is 18.0 Å². The summed E-state index contributed by atoms with van der Waals surface area (Å²) in [4.78, 5) is 26.5. The van der Waals surface area contributed by atoms with Gasteiger partial charge in [-0.25, -0.2) is 0 Å². The molecule has 24 heavy (non-hydrogen) atoms. The summed E-state index contributed by atoms with van der Waals surface area (Å²) in [7, 11) is 0. The zero-order chi connectivity index (χ0) is 16.6. The number of carbonyl (C=O) groups is 2. The van der Waals surface area contributed by atoms with Gasteiger partial charge in [0, 0.05) is 24.8 Å². The van der Waals surface area contributed by atoms with E-state index in [4.69, 9.17) is 28.9 Å². The van der Waals surface area contributed by atoms with Crippen molar-refractivity contribution in [1.82, 2.24) is 5.32 Å². The van der Waals surface area contributed by atoms with Gasteiger partial charge < -0.3 is 16.0 Å². The summed E-state index contributed by atoms with van der Waals surface area (Å²) in [6.45, 7) is 0.902. The second-order valence-corrected chi connectivity index (χ2v) is 6.93. The van der Waals surface area contributed by atoms with Crippen molar-refractivity contribution < 1.29 is 9.59 Å². The Kier molecular flexibility index (Phi) is 6.37. The number of nitrogens with two attached hydrogens (primary N) is 1. The van der Waals surface area contributed by atoms with Crippen LogP contribution in [0.15, 0.2) is 18.2 Å². The Morgan fingerprint density at radius 2 is 2.00 bits per heavy atom. The van der Waals surface area contributed by atoms with Gasteiger partial charge in [0.25, 0.3) is 0 Å². The number of nitrogens with one attached hydrogen (secondary N) is 1. The van der Waals surface area contributed by atoms with Crippen molar-refractivity contribution in [2.45, 2.75) is 25.3 Å². The van der Waals surface area contributed by atoms with Crippen LogP contribution in [0.25, 0.3) is 0 Å². The predicted octanol–water partition coefficient (Wildman–Crippen LogP) is 2.62. The lowest BCUT2D eigenvalue weighted by Gasteiger charge is -2.20. The highest BCUT2D eigenvalue weighted by Crippen LogP contribution is 2.33. The SMILES string of the molecule is Cl.NCC(NC(=O)C1CCN(c2ccc(Cl)c(Cl)c2)C1=O)C1CC1.